The average molecular weight is 616 g/mol. The maximum absolute atomic E-state index is 13.3. The van der Waals surface area contributed by atoms with Crippen molar-refractivity contribution in [2.24, 2.45) is 0 Å². The van der Waals surface area contributed by atoms with Crippen molar-refractivity contribution in [2.75, 3.05) is 24.7 Å². The number of unbranched alkanes of at least 4 members (excludes halogenated alkanes) is 5. The molecule has 1 heterocycles. The molecule has 1 amide bonds. The molecule has 0 fully saturated rings. The van der Waals surface area contributed by atoms with Crippen molar-refractivity contribution in [2.45, 2.75) is 89.1 Å². The predicted molar refractivity (Wildman–Crippen MR) is 155 cm³/mol. The van der Waals surface area contributed by atoms with Crippen molar-refractivity contribution in [1.82, 2.24) is 4.90 Å². The number of alkyl halides is 4. The zero-order chi connectivity index (χ0) is 30.8. The minimum Gasteiger partial charge on any atom is -0.508 e. The average Bonchev–Trinajstić information content (AvgIpc) is 2.93. The van der Waals surface area contributed by atoms with Crippen LogP contribution in [0.15, 0.2) is 42.5 Å². The number of hydrogen-bond acceptors (Lipinski definition) is 5. The van der Waals surface area contributed by atoms with Gasteiger partial charge in [0.15, 0.2) is 0 Å². The second-order valence-corrected chi connectivity index (χ2v) is 12.7. The van der Waals surface area contributed by atoms with E-state index in [1.165, 1.54) is 12.1 Å². The summed E-state index contributed by atoms with van der Waals surface area (Å²) in [6, 6.07) is 11.2. The van der Waals surface area contributed by atoms with Gasteiger partial charge < -0.3 is 19.8 Å². The Labute approximate surface area is 247 Å². The lowest BCUT2D eigenvalue weighted by Crippen LogP contribution is -2.46. The second kappa shape index (κ2) is 15.7. The van der Waals surface area contributed by atoms with Crippen LogP contribution < -0.4 is 0 Å². The minimum absolute atomic E-state index is 0.00995. The van der Waals surface area contributed by atoms with Gasteiger partial charge in [0.05, 0.1) is 12.6 Å². The third-order valence-electron chi connectivity index (χ3n) is 7.53. The summed E-state index contributed by atoms with van der Waals surface area (Å²) in [5.41, 5.74) is 2.43. The number of fused-ring (bicyclic) bond motifs is 1. The second-order valence-electron chi connectivity index (χ2n) is 11.0. The van der Waals surface area contributed by atoms with Crippen molar-refractivity contribution in [3.63, 3.8) is 0 Å². The summed E-state index contributed by atoms with van der Waals surface area (Å²) in [4.78, 5) is 15.0. The first-order valence-electron chi connectivity index (χ1n) is 14.5. The van der Waals surface area contributed by atoms with Gasteiger partial charge in [0.1, 0.15) is 11.5 Å². The molecule has 0 bridgehead atoms. The number of carbonyl (C=O) groups excluding carboxylic acids is 1. The number of benzene rings is 2. The van der Waals surface area contributed by atoms with E-state index in [0.717, 1.165) is 43.2 Å². The first-order valence-corrected chi connectivity index (χ1v) is 16.0. The van der Waals surface area contributed by atoms with Gasteiger partial charge >= 0.3 is 11.8 Å². The first kappa shape index (κ1) is 33.8. The first-order chi connectivity index (χ1) is 19.9. The molecule has 2 N–H and O–H groups in total. The van der Waals surface area contributed by atoms with E-state index in [4.69, 9.17) is 4.74 Å². The number of carbonyl (C=O) groups is 1. The molecule has 1 aliphatic heterocycles. The van der Waals surface area contributed by atoms with E-state index in [0.29, 0.717) is 43.9 Å². The van der Waals surface area contributed by atoms with Gasteiger partial charge in [-0.05, 0) is 73.2 Å². The number of nitrogens with zero attached hydrogens (tertiary/aromatic N) is 1. The molecule has 1 aliphatic rings. The Kier molecular flexibility index (Phi) is 12.7. The molecule has 0 aliphatic carbocycles. The molecule has 234 valence electrons. The van der Waals surface area contributed by atoms with Crippen molar-refractivity contribution < 1.29 is 41.5 Å². The molecule has 3 rings (SSSR count). The maximum atomic E-state index is 13.3. The summed E-state index contributed by atoms with van der Waals surface area (Å²) in [5, 5.41) is 19.5. The number of phenolic OH excluding ortho intramolecular Hbond substituents is 2. The lowest BCUT2D eigenvalue weighted by atomic mass is 9.93. The number of rotatable bonds is 17. The molecule has 2 aromatic carbocycles. The highest BCUT2D eigenvalue weighted by Gasteiger charge is 2.51. The quantitative estimate of drug-likeness (QED) is 0.150. The standard InChI is InChI=1S/C31H41F4NO5S/c1-30(32,33)31(34,35)15-8-18-42(40)17-7-5-3-2-4-6-16-41-22-26-19-24-11-14-28(38)20-25(24)21-36(26)29(39)23-9-12-27(37)13-10-23/h9-14,20,26,37-38H,2-8,15-19,21-22H2,1H3. The third kappa shape index (κ3) is 10.3. The van der Waals surface area contributed by atoms with Gasteiger partial charge in [-0.15, -0.1) is 0 Å². The largest absolute Gasteiger partial charge is 0.508 e. The van der Waals surface area contributed by atoms with Gasteiger partial charge in [0, 0.05) is 54.4 Å². The highest BCUT2D eigenvalue weighted by atomic mass is 32.2. The van der Waals surface area contributed by atoms with E-state index < -0.39 is 29.1 Å². The zero-order valence-electron chi connectivity index (χ0n) is 24.0. The summed E-state index contributed by atoms with van der Waals surface area (Å²) in [6.07, 6.45) is 4.73. The van der Waals surface area contributed by atoms with Gasteiger partial charge in [0.2, 0.25) is 0 Å². The maximum Gasteiger partial charge on any atom is 0.309 e. The Hall–Kier alpha value is -2.66. The third-order valence-corrected chi connectivity index (χ3v) is 9.02. The van der Waals surface area contributed by atoms with Crippen LogP contribution in [0.2, 0.25) is 0 Å². The van der Waals surface area contributed by atoms with Crippen LogP contribution in [0.5, 0.6) is 11.5 Å². The summed E-state index contributed by atoms with van der Waals surface area (Å²) < 4.78 is 70.2. The van der Waals surface area contributed by atoms with E-state index in [9.17, 15) is 36.8 Å². The van der Waals surface area contributed by atoms with Crippen molar-refractivity contribution in [3.8, 4) is 11.5 Å². The van der Waals surface area contributed by atoms with Crippen LogP contribution in [0, 0.1) is 0 Å². The highest BCUT2D eigenvalue weighted by molar-refractivity contribution is 7.84. The lowest BCUT2D eigenvalue weighted by Gasteiger charge is -2.37. The molecule has 42 heavy (non-hydrogen) atoms. The fourth-order valence-electron chi connectivity index (χ4n) is 4.96. The Morgan fingerprint density at radius 1 is 0.905 bits per heavy atom. The number of ether oxygens (including phenoxy) is 1. The Morgan fingerprint density at radius 2 is 1.52 bits per heavy atom. The molecular weight excluding hydrogens is 574 g/mol. The van der Waals surface area contributed by atoms with Crippen molar-refractivity contribution in [3.05, 3.63) is 59.2 Å². The Balaban J connectivity index is 1.32. The zero-order valence-corrected chi connectivity index (χ0v) is 24.8. The number of phenols is 2. The molecule has 6 nitrogen and oxygen atoms in total. The Bertz CT molecular complexity index is 1170. The van der Waals surface area contributed by atoms with Gasteiger partial charge in [-0.1, -0.05) is 31.7 Å². The van der Waals surface area contributed by atoms with Crippen LogP contribution >= 0.6 is 0 Å². The van der Waals surface area contributed by atoms with Crippen LogP contribution in [0.3, 0.4) is 0 Å². The van der Waals surface area contributed by atoms with E-state index in [-0.39, 0.29) is 42.5 Å². The van der Waals surface area contributed by atoms with Crippen LogP contribution in [0.4, 0.5) is 17.6 Å². The normalized spacial score (nSPS) is 16.3. The van der Waals surface area contributed by atoms with Gasteiger partial charge in [-0.3, -0.25) is 9.00 Å². The van der Waals surface area contributed by atoms with E-state index in [2.05, 4.69) is 0 Å². The van der Waals surface area contributed by atoms with E-state index >= 15 is 0 Å². The van der Waals surface area contributed by atoms with Gasteiger partial charge in [0.25, 0.3) is 5.91 Å². The lowest BCUT2D eigenvalue weighted by molar-refractivity contribution is -0.200. The summed E-state index contributed by atoms with van der Waals surface area (Å²) >= 11 is 0. The molecule has 0 spiro atoms. The van der Waals surface area contributed by atoms with E-state index in [1.54, 1.807) is 29.2 Å². The molecule has 0 aromatic heterocycles. The Morgan fingerprint density at radius 3 is 2.21 bits per heavy atom. The molecular formula is C31H41F4NO5S. The fourth-order valence-corrected chi connectivity index (χ4v) is 6.16. The monoisotopic (exact) mass is 615 g/mol. The number of aromatic hydroxyl groups is 2. The van der Waals surface area contributed by atoms with Crippen LogP contribution in [-0.2, 0) is 28.5 Å². The van der Waals surface area contributed by atoms with Gasteiger partial charge in [-0.2, -0.15) is 8.78 Å². The minimum atomic E-state index is -4.07. The topological polar surface area (TPSA) is 87.1 Å². The highest BCUT2D eigenvalue weighted by Crippen LogP contribution is 2.37. The van der Waals surface area contributed by atoms with Gasteiger partial charge in [-0.25, -0.2) is 8.78 Å². The van der Waals surface area contributed by atoms with Crippen molar-refractivity contribution in [1.29, 1.82) is 0 Å². The summed E-state index contributed by atoms with van der Waals surface area (Å²) in [7, 11) is -1.28. The molecule has 2 atom stereocenters. The van der Waals surface area contributed by atoms with Crippen LogP contribution in [0.1, 0.15) is 79.8 Å². The van der Waals surface area contributed by atoms with Crippen LogP contribution in [-0.4, -0.2) is 67.8 Å². The number of hydrogen-bond donors (Lipinski definition) is 2. The van der Waals surface area contributed by atoms with E-state index in [1.807, 2.05) is 6.07 Å². The molecule has 0 saturated carbocycles. The summed E-state index contributed by atoms with van der Waals surface area (Å²) in [6.45, 7) is 1.48. The molecule has 0 radical (unpaired) electrons. The molecule has 0 saturated heterocycles. The SMILES string of the molecule is CC(F)(F)C(F)(F)CCCS(=O)CCCCCCCCOCC1Cc2ccc(O)cc2CN1C(=O)c1ccc(O)cc1. The molecule has 2 aromatic rings. The fraction of sp³-hybridized carbons (Fsp3) is 0.581. The molecule has 2 unspecified atom stereocenters. The summed E-state index contributed by atoms with van der Waals surface area (Å²) in [5.74, 6) is -7.67. The van der Waals surface area contributed by atoms with Crippen LogP contribution in [0.25, 0.3) is 0 Å². The number of halogens is 4. The van der Waals surface area contributed by atoms with Crippen molar-refractivity contribution >= 4 is 16.7 Å². The molecule has 11 heteroatoms. The predicted octanol–water partition coefficient (Wildman–Crippen LogP) is 6.84. The smallest absolute Gasteiger partial charge is 0.309 e. The number of amides is 1.